The van der Waals surface area contributed by atoms with E-state index in [0.29, 0.717) is 138 Å². The Bertz CT molecular complexity index is 2470. The van der Waals surface area contributed by atoms with Crippen molar-refractivity contribution in [2.45, 2.75) is 13.8 Å². The van der Waals surface area contributed by atoms with Crippen LogP contribution in [0.4, 0.5) is 0 Å². The number of hydrogen-bond donors (Lipinski definition) is 8. The van der Waals surface area contributed by atoms with Crippen molar-refractivity contribution in [1.29, 1.82) is 0 Å². The molecule has 8 N–H and O–H groups in total. The third-order valence-electron chi connectivity index (χ3n) is 11.2. The summed E-state index contributed by atoms with van der Waals surface area (Å²) < 4.78 is 60.8. The van der Waals surface area contributed by atoms with Gasteiger partial charge in [0.15, 0.2) is 0 Å². The number of likely N-dealkylation sites (N-methyl/N-ethyl adjacent to an activating group) is 1. The van der Waals surface area contributed by atoms with Gasteiger partial charge in [0, 0.05) is 40.9 Å². The van der Waals surface area contributed by atoms with Crippen LogP contribution in [0.5, 0.6) is 0 Å². The van der Waals surface area contributed by atoms with E-state index in [0.717, 1.165) is 22.5 Å². The van der Waals surface area contributed by atoms with Crippen molar-refractivity contribution in [3.8, 4) is 0 Å². The summed E-state index contributed by atoms with van der Waals surface area (Å²) in [7, 11) is 1.84. The summed E-state index contributed by atoms with van der Waals surface area (Å²) in [5.41, 5.74) is 2.54. The van der Waals surface area contributed by atoms with Gasteiger partial charge in [0.05, 0.1) is 206 Å². The topological polar surface area (TPSA) is 430 Å². The Balaban J connectivity index is -0.000000549. The predicted octanol–water partition coefficient (Wildman–Crippen LogP) is 0.817. The molecule has 0 saturated heterocycles. The summed E-state index contributed by atoms with van der Waals surface area (Å²) in [5, 5.41) is 56.0. The number of nitrogens with zero attached hydrogens (tertiary/aromatic N) is 3. The van der Waals surface area contributed by atoms with E-state index in [4.69, 9.17) is 111 Å². The van der Waals surface area contributed by atoms with E-state index in [1.165, 1.54) is 11.3 Å². The van der Waals surface area contributed by atoms with E-state index in [1.807, 2.05) is 20.9 Å². The summed E-state index contributed by atoms with van der Waals surface area (Å²) >= 11 is 17.4. The summed E-state index contributed by atoms with van der Waals surface area (Å²) in [5.74, 6) is -4.49. The second kappa shape index (κ2) is 75.7. The van der Waals surface area contributed by atoms with Crippen molar-refractivity contribution < 1.29 is 182 Å². The van der Waals surface area contributed by atoms with Crippen LogP contribution in [0.2, 0.25) is 0 Å². The third-order valence-corrected chi connectivity index (χ3v) is 11.9. The smallest absolute Gasteiger partial charge is 0.587 e. The zero-order valence-corrected chi connectivity index (χ0v) is 65.4. The Labute approximate surface area is 660 Å². The molecule has 3 aliphatic rings. The molecule has 570 valence electrons. The van der Waals surface area contributed by atoms with Crippen LogP contribution in [0, 0.1) is 0 Å². The SMILES string of the molecule is CC.CCl.CNCCOCCOCC(=O)O.O=C(O)COCCOCCN1C(=O)c2ccccc2C1=O.O=C(O)COCCOCCNCl.O=C1[N-]C(=O)c2ccccc21.O=C1c2ccccc2C(=O)N1CCOCCOCCO.OCCOCCOCCCl.OCCOCCOCCI.[K+]. The molecule has 0 aliphatic carbocycles. The molecule has 0 fully saturated rings. The second-order valence-corrected chi connectivity index (χ2v) is 20.0. The molecule has 0 spiro atoms. The first kappa shape index (κ1) is 103. The number of rotatable bonds is 46. The minimum Gasteiger partial charge on any atom is -0.587 e. The van der Waals surface area contributed by atoms with Crippen LogP contribution in [0.25, 0.3) is 5.32 Å². The Kier molecular flexibility index (Phi) is 77.5. The van der Waals surface area contributed by atoms with Gasteiger partial charge < -0.3 is 108 Å². The van der Waals surface area contributed by atoms with Gasteiger partial charge in [-0.25, -0.2) is 19.2 Å². The normalized spacial score (nSPS) is 11.7. The first-order valence-corrected chi connectivity index (χ1v) is 34.4. The van der Waals surface area contributed by atoms with Crippen molar-refractivity contribution in [3.63, 3.8) is 0 Å². The number of aliphatic hydroxyl groups is 3. The zero-order valence-electron chi connectivity index (χ0n) is 57.9. The van der Waals surface area contributed by atoms with Crippen LogP contribution >= 0.6 is 57.6 Å². The first-order valence-electron chi connectivity index (χ1n) is 31.2. The van der Waals surface area contributed by atoms with Gasteiger partial charge in [0.1, 0.15) is 19.8 Å². The van der Waals surface area contributed by atoms with Gasteiger partial charge >= 0.3 is 69.3 Å². The van der Waals surface area contributed by atoms with Crippen molar-refractivity contribution >= 4 is 111 Å². The molecule has 3 heterocycles. The molecule has 101 heavy (non-hydrogen) atoms. The maximum Gasteiger partial charge on any atom is 1.00 e. The molecule has 0 saturated carbocycles. The number of imide groups is 3. The Morgan fingerprint density at radius 1 is 0.416 bits per heavy atom. The van der Waals surface area contributed by atoms with Crippen LogP contribution in [-0.4, -0.2) is 322 Å². The summed E-state index contributed by atoms with van der Waals surface area (Å²) in [6.45, 7) is 13.7. The molecule has 3 aromatic carbocycles. The minimum absolute atomic E-state index is 0. The molecule has 0 radical (unpaired) electrons. The number of alkyl halides is 3. The standard InChI is InChI=1S/C14H15NO6.C14H17NO5.C8H5NO2.C7H15NO4.C6H12ClNO4.C6H13ClO3.C6H13IO3.C2H6.CH3Cl.K/c16-12(17)9-21-8-7-20-6-5-15-13(18)10-3-1-2-4-11(10)14(15)19;16-6-8-20-10-9-19-7-5-15-13(17)11-3-1-2-4-12(11)14(15)18;10-7-5-3-1-2-4-6(5)8(11)9-7;1-8-2-3-11-4-5-12-6-7(9)10;7-8-1-2-11-3-4-12-5-6(9)10;2*7-1-3-9-5-6-10-4-2-8;2*1-2;/h1-4H,5-9H2,(H,16,17);1-4,16H,5-10H2;1-4H,(H,9,10,11);8H,2-6H2,1H3,(H,9,10);8H,1-5H2,(H,9,10);2*8H,1-6H2;1-2H3;1H3;/q;;;;;;;;;+1/p-1. The van der Waals surface area contributed by atoms with E-state index < -0.39 is 29.7 Å². The molecule has 6 amide bonds. The van der Waals surface area contributed by atoms with Crippen molar-refractivity contribution in [1.82, 2.24) is 20.0 Å². The Morgan fingerprint density at radius 3 is 0.941 bits per heavy atom. The van der Waals surface area contributed by atoms with E-state index in [-0.39, 0.29) is 167 Å². The zero-order chi connectivity index (χ0) is 75.2. The number of aliphatic carboxylic acids is 3. The number of amides is 6. The van der Waals surface area contributed by atoms with Crippen LogP contribution in [0.15, 0.2) is 72.8 Å². The van der Waals surface area contributed by atoms with E-state index in [9.17, 15) is 43.2 Å². The molecule has 6 rings (SSSR count). The minimum atomic E-state index is -1.04. The number of nitrogens with one attached hydrogen (secondary N) is 2. The number of benzene rings is 3. The molecular formula is C64H98Cl3IKN5O27. The van der Waals surface area contributed by atoms with Gasteiger partial charge in [-0.1, -0.05) is 85.0 Å². The molecule has 0 bridgehead atoms. The predicted molar refractivity (Wildman–Crippen MR) is 377 cm³/mol. The van der Waals surface area contributed by atoms with Gasteiger partial charge in [-0.3, -0.25) is 29.0 Å². The average Bonchev–Trinajstić information content (AvgIpc) is 1.65. The third kappa shape index (κ3) is 55.2. The number of carbonyl (C=O) groups is 9. The van der Waals surface area contributed by atoms with Crippen molar-refractivity contribution in [2.24, 2.45) is 0 Å². The number of fused-ring (bicyclic) bond motifs is 3. The maximum atomic E-state index is 12.0. The van der Waals surface area contributed by atoms with Gasteiger partial charge in [0.2, 0.25) is 0 Å². The monoisotopic (exact) mass is 1640 g/mol. The molecule has 3 aromatic rings. The van der Waals surface area contributed by atoms with Crippen LogP contribution in [-0.2, 0) is 71.2 Å². The number of ether oxygens (including phenoxy) is 12. The van der Waals surface area contributed by atoms with E-state index in [1.54, 1.807) is 72.8 Å². The van der Waals surface area contributed by atoms with Gasteiger partial charge in [-0.15, -0.1) is 23.2 Å². The van der Waals surface area contributed by atoms with Crippen LogP contribution < -0.4 is 61.5 Å². The number of halogens is 4. The largest absolute Gasteiger partial charge is 1.00 e. The number of hydrogen-bond acceptors (Lipinski definition) is 26. The summed E-state index contributed by atoms with van der Waals surface area (Å²) in [4.78, 5) is 105. The second-order valence-electron chi connectivity index (χ2n) is 18.3. The molecule has 0 atom stereocenters. The molecule has 3 aliphatic heterocycles. The fourth-order valence-electron chi connectivity index (χ4n) is 6.96. The van der Waals surface area contributed by atoms with Crippen LogP contribution in [0.1, 0.15) is 76.0 Å². The molecule has 37 heteroatoms. The van der Waals surface area contributed by atoms with E-state index in [2.05, 4.69) is 49.7 Å². The van der Waals surface area contributed by atoms with Crippen LogP contribution in [0.3, 0.4) is 0 Å². The van der Waals surface area contributed by atoms with Crippen molar-refractivity contribution in [2.75, 3.05) is 228 Å². The first-order chi connectivity index (χ1) is 48.5. The number of carbonyl (C=O) groups excluding carboxylic acids is 6. The number of aliphatic hydroxyl groups excluding tert-OH is 3. The molecule has 0 aromatic heterocycles. The fraction of sp³-hybridized carbons (Fsp3) is 0.578. The molecule has 0 unspecified atom stereocenters. The van der Waals surface area contributed by atoms with Gasteiger partial charge in [-0.2, -0.15) is 0 Å². The molecule has 32 nitrogen and oxygen atoms in total. The number of carboxylic acids is 3. The van der Waals surface area contributed by atoms with Gasteiger partial charge in [0.25, 0.3) is 23.6 Å². The average molecular weight is 1640 g/mol. The Hall–Kier alpha value is -3.95. The Morgan fingerprint density at radius 2 is 0.673 bits per heavy atom. The quantitative estimate of drug-likeness (QED) is 0.00969. The van der Waals surface area contributed by atoms with E-state index >= 15 is 0 Å². The van der Waals surface area contributed by atoms with Gasteiger partial charge in [-0.05, 0) is 43.1 Å². The molecular weight excluding hydrogens is 1540 g/mol. The summed E-state index contributed by atoms with van der Waals surface area (Å²) in [6.07, 6.45) is 1.47. The summed E-state index contributed by atoms with van der Waals surface area (Å²) in [6, 6.07) is 20.1. The fourth-order valence-corrected chi connectivity index (χ4v) is 7.45. The van der Waals surface area contributed by atoms with Crippen molar-refractivity contribution in [3.05, 3.63) is 111 Å². The number of carboxylic acid groups (broad SMARTS) is 3. The maximum absolute atomic E-state index is 12.0.